The number of ketones is 1. The highest BCUT2D eigenvalue weighted by atomic mass is 79.9. The first-order chi connectivity index (χ1) is 19.8. The van der Waals surface area contributed by atoms with Gasteiger partial charge in [-0.3, -0.25) is 14.5 Å². The molecule has 3 heterocycles. The standard InChI is InChI=1S/C30H22BrN3O5S2/c1-16-9-11-17(12-10-16)15-40-30-33-32-29(41-30)34-24(18-5-3-7-20(31)13-18)23(26(36)28(34)37)25(35)22-14-19-6-4-8-21(38-2)27(19)39-22/h3-14,24,36H,15H2,1-2H3. The Hall–Kier alpha value is -3.93. The van der Waals surface area contributed by atoms with Gasteiger partial charge in [0, 0.05) is 15.6 Å². The third-order valence-electron chi connectivity index (χ3n) is 6.65. The second kappa shape index (κ2) is 11.2. The maximum atomic E-state index is 13.9. The third-order valence-corrected chi connectivity index (χ3v) is 9.27. The molecule has 0 radical (unpaired) electrons. The number of carbonyl (C=O) groups excluding carboxylic acids is 2. The van der Waals surface area contributed by atoms with E-state index in [1.165, 1.54) is 40.7 Å². The first-order valence-corrected chi connectivity index (χ1v) is 15.1. The quantitative estimate of drug-likeness (QED) is 0.105. The average Bonchev–Trinajstić information content (AvgIpc) is 3.69. The van der Waals surface area contributed by atoms with Crippen LogP contribution in [0.4, 0.5) is 5.13 Å². The van der Waals surface area contributed by atoms with Gasteiger partial charge in [0.25, 0.3) is 5.91 Å². The van der Waals surface area contributed by atoms with Crippen molar-refractivity contribution in [1.82, 2.24) is 10.2 Å². The number of Topliss-reactive ketones (excluding diaryl/α,β-unsaturated/α-hetero) is 1. The van der Waals surface area contributed by atoms with Crippen molar-refractivity contribution in [2.45, 2.75) is 23.1 Å². The van der Waals surface area contributed by atoms with Crippen LogP contribution in [0.5, 0.6) is 5.75 Å². The minimum atomic E-state index is -0.953. The van der Waals surface area contributed by atoms with E-state index in [-0.39, 0.29) is 16.5 Å². The van der Waals surface area contributed by atoms with Gasteiger partial charge in [0.15, 0.2) is 27.2 Å². The van der Waals surface area contributed by atoms with E-state index in [9.17, 15) is 14.7 Å². The molecule has 0 aliphatic carbocycles. The summed E-state index contributed by atoms with van der Waals surface area (Å²) in [5, 5.41) is 20.6. The monoisotopic (exact) mass is 647 g/mol. The van der Waals surface area contributed by atoms with E-state index in [4.69, 9.17) is 9.15 Å². The van der Waals surface area contributed by atoms with Gasteiger partial charge < -0.3 is 14.3 Å². The zero-order valence-corrected chi connectivity index (χ0v) is 25.0. The Morgan fingerprint density at radius 3 is 2.66 bits per heavy atom. The zero-order chi connectivity index (χ0) is 28.7. The van der Waals surface area contributed by atoms with Crippen LogP contribution < -0.4 is 9.64 Å². The van der Waals surface area contributed by atoms with E-state index >= 15 is 0 Å². The topological polar surface area (TPSA) is 106 Å². The zero-order valence-electron chi connectivity index (χ0n) is 21.8. The Morgan fingerprint density at radius 2 is 1.90 bits per heavy atom. The molecule has 8 nitrogen and oxygen atoms in total. The number of aliphatic hydroxyl groups excluding tert-OH is 1. The number of para-hydroxylation sites is 1. The van der Waals surface area contributed by atoms with Gasteiger partial charge in [-0.1, -0.05) is 93.1 Å². The molecule has 0 saturated carbocycles. The van der Waals surface area contributed by atoms with E-state index in [0.29, 0.717) is 32.4 Å². The van der Waals surface area contributed by atoms with Crippen molar-refractivity contribution in [3.05, 3.63) is 111 Å². The second-order valence-electron chi connectivity index (χ2n) is 9.34. The molecule has 5 aromatic rings. The fourth-order valence-corrected chi connectivity index (χ4v) is 6.90. The number of furan rings is 1. The number of anilines is 1. The number of benzene rings is 3. The molecule has 1 aliphatic heterocycles. The molecule has 0 saturated heterocycles. The first-order valence-electron chi connectivity index (χ1n) is 12.5. The van der Waals surface area contributed by atoms with Crippen LogP contribution in [0.3, 0.4) is 0 Å². The van der Waals surface area contributed by atoms with Crippen LogP contribution in [-0.4, -0.2) is 34.1 Å². The molecule has 1 unspecified atom stereocenters. The van der Waals surface area contributed by atoms with E-state index in [0.717, 1.165) is 10.0 Å². The Bertz CT molecular complexity index is 1830. The van der Waals surface area contributed by atoms with Gasteiger partial charge in [-0.2, -0.15) is 0 Å². The predicted molar refractivity (Wildman–Crippen MR) is 162 cm³/mol. The number of nitrogens with zero attached hydrogens (tertiary/aromatic N) is 3. The van der Waals surface area contributed by atoms with Gasteiger partial charge in [0.2, 0.25) is 10.9 Å². The molecule has 1 N–H and O–H groups in total. The summed E-state index contributed by atoms with van der Waals surface area (Å²) in [4.78, 5) is 28.8. The highest BCUT2D eigenvalue weighted by Crippen LogP contribution is 2.45. The number of ether oxygens (including phenoxy) is 1. The molecular weight excluding hydrogens is 626 g/mol. The number of aliphatic hydroxyl groups is 1. The number of hydrogen-bond acceptors (Lipinski definition) is 9. The molecule has 1 aliphatic rings. The second-order valence-corrected chi connectivity index (χ2v) is 12.4. The normalized spacial score (nSPS) is 15.2. The lowest BCUT2D eigenvalue weighted by Gasteiger charge is -2.24. The molecule has 206 valence electrons. The summed E-state index contributed by atoms with van der Waals surface area (Å²) in [6, 6.07) is 21.4. The lowest BCUT2D eigenvalue weighted by molar-refractivity contribution is -0.117. The minimum Gasteiger partial charge on any atom is -0.503 e. The minimum absolute atomic E-state index is 0.0210. The van der Waals surface area contributed by atoms with Crippen LogP contribution in [0.2, 0.25) is 0 Å². The van der Waals surface area contributed by atoms with Crippen molar-refractivity contribution < 1.29 is 23.8 Å². The lowest BCUT2D eigenvalue weighted by Crippen LogP contribution is -2.31. The van der Waals surface area contributed by atoms with Gasteiger partial charge in [0.05, 0.1) is 18.7 Å². The fourth-order valence-electron chi connectivity index (χ4n) is 4.66. The maximum absolute atomic E-state index is 13.9. The molecule has 1 amide bonds. The average molecular weight is 649 g/mol. The number of aryl methyl sites for hydroxylation is 1. The molecular formula is C30H22BrN3O5S2. The molecule has 41 heavy (non-hydrogen) atoms. The van der Waals surface area contributed by atoms with Crippen LogP contribution in [0.25, 0.3) is 11.0 Å². The molecule has 3 aromatic carbocycles. The van der Waals surface area contributed by atoms with E-state index in [2.05, 4.69) is 50.4 Å². The van der Waals surface area contributed by atoms with Gasteiger partial charge >= 0.3 is 0 Å². The number of hydrogen-bond donors (Lipinski definition) is 1. The van der Waals surface area contributed by atoms with Crippen LogP contribution >= 0.6 is 39.0 Å². The Kier molecular flexibility index (Phi) is 7.41. The SMILES string of the molecule is COc1cccc2cc(C(=O)C3=C(O)C(=O)N(c4nnc(SCc5ccc(C)cc5)s4)C3c3cccc(Br)c3)oc12. The smallest absolute Gasteiger partial charge is 0.296 e. The number of halogens is 1. The van der Waals surface area contributed by atoms with Crippen LogP contribution in [0, 0.1) is 6.92 Å². The summed E-state index contributed by atoms with van der Waals surface area (Å²) in [5.41, 5.74) is 3.23. The van der Waals surface area contributed by atoms with E-state index in [1.54, 1.807) is 42.5 Å². The number of carbonyl (C=O) groups is 2. The summed E-state index contributed by atoms with van der Waals surface area (Å²) in [5.74, 6) is -0.875. The maximum Gasteiger partial charge on any atom is 0.296 e. The Labute approximate surface area is 251 Å². The van der Waals surface area contributed by atoms with Crippen LogP contribution in [0.15, 0.2) is 97.4 Å². The van der Waals surface area contributed by atoms with Gasteiger partial charge in [-0.15, -0.1) is 10.2 Å². The third kappa shape index (κ3) is 5.16. The summed E-state index contributed by atoms with van der Waals surface area (Å²) in [7, 11) is 1.51. The van der Waals surface area contributed by atoms with Crippen LogP contribution in [0.1, 0.15) is 33.3 Å². The largest absolute Gasteiger partial charge is 0.503 e. The Morgan fingerprint density at radius 1 is 1.12 bits per heavy atom. The van der Waals surface area contributed by atoms with Gasteiger partial charge in [-0.05, 0) is 42.3 Å². The summed E-state index contributed by atoms with van der Waals surface area (Å²) < 4.78 is 12.7. The molecule has 6 rings (SSSR count). The van der Waals surface area contributed by atoms with E-state index < -0.39 is 23.5 Å². The number of rotatable bonds is 8. The van der Waals surface area contributed by atoms with Gasteiger partial charge in [-0.25, -0.2) is 0 Å². The molecule has 1 atom stereocenters. The highest BCUT2D eigenvalue weighted by molar-refractivity contribution is 9.10. The highest BCUT2D eigenvalue weighted by Gasteiger charge is 2.47. The molecule has 2 aromatic heterocycles. The molecule has 0 spiro atoms. The lowest BCUT2D eigenvalue weighted by atomic mass is 9.95. The first kappa shape index (κ1) is 27.3. The van der Waals surface area contributed by atoms with Crippen molar-refractivity contribution in [3.8, 4) is 5.75 Å². The van der Waals surface area contributed by atoms with Gasteiger partial charge in [0.1, 0.15) is 0 Å². The Balaban J connectivity index is 1.37. The molecule has 11 heteroatoms. The van der Waals surface area contributed by atoms with Crippen molar-refractivity contribution in [2.75, 3.05) is 12.0 Å². The summed E-state index contributed by atoms with van der Waals surface area (Å²) in [6.45, 7) is 2.04. The number of fused-ring (bicyclic) bond motifs is 1. The summed E-state index contributed by atoms with van der Waals surface area (Å²) >= 11 is 6.20. The van der Waals surface area contributed by atoms with Crippen molar-refractivity contribution in [3.63, 3.8) is 0 Å². The van der Waals surface area contributed by atoms with Crippen LogP contribution in [-0.2, 0) is 10.5 Å². The van der Waals surface area contributed by atoms with Crippen molar-refractivity contribution >= 4 is 66.8 Å². The summed E-state index contributed by atoms with van der Waals surface area (Å²) in [6.07, 6.45) is 0. The number of amides is 1. The number of thioether (sulfide) groups is 1. The molecule has 0 fully saturated rings. The van der Waals surface area contributed by atoms with E-state index in [1.807, 2.05) is 13.0 Å². The number of methoxy groups -OCH3 is 1. The number of aromatic nitrogens is 2. The van der Waals surface area contributed by atoms with Crippen molar-refractivity contribution in [2.24, 2.45) is 0 Å². The fraction of sp³-hybridized carbons (Fsp3) is 0.133. The van der Waals surface area contributed by atoms with Crippen molar-refractivity contribution in [1.29, 1.82) is 0 Å². The molecule has 0 bridgehead atoms. The predicted octanol–water partition coefficient (Wildman–Crippen LogP) is 7.44.